The third-order valence-electron chi connectivity index (χ3n) is 6.77. The van der Waals surface area contributed by atoms with Crippen molar-refractivity contribution in [1.82, 2.24) is 9.97 Å². The first-order chi connectivity index (χ1) is 17.7. The van der Waals surface area contributed by atoms with E-state index in [-0.39, 0.29) is 17.5 Å². The second kappa shape index (κ2) is 12.0. The van der Waals surface area contributed by atoms with E-state index in [1.807, 2.05) is 60.0 Å². The van der Waals surface area contributed by atoms with Crippen LogP contribution in [0.1, 0.15) is 98.2 Å². The van der Waals surface area contributed by atoms with Crippen molar-refractivity contribution in [3.8, 4) is 11.1 Å². The first kappa shape index (κ1) is 29.8. The van der Waals surface area contributed by atoms with Crippen LogP contribution in [0.5, 0.6) is 0 Å². The van der Waals surface area contributed by atoms with Crippen molar-refractivity contribution in [2.24, 2.45) is 11.3 Å². The van der Waals surface area contributed by atoms with Crippen molar-refractivity contribution in [2.75, 3.05) is 18.0 Å². The van der Waals surface area contributed by atoms with Crippen molar-refractivity contribution >= 4 is 17.7 Å². The number of ether oxygens (including phenoxy) is 2. The molecule has 0 bridgehead atoms. The fourth-order valence-corrected chi connectivity index (χ4v) is 4.64. The molecule has 6 nitrogen and oxygen atoms in total. The van der Waals surface area contributed by atoms with Gasteiger partial charge in [-0.2, -0.15) is 0 Å². The van der Waals surface area contributed by atoms with Crippen molar-refractivity contribution in [2.45, 2.75) is 99.9 Å². The van der Waals surface area contributed by atoms with E-state index in [1.165, 1.54) is 0 Å². The van der Waals surface area contributed by atoms with E-state index in [0.29, 0.717) is 5.92 Å². The molecule has 1 unspecified atom stereocenters. The molecule has 0 N–H and O–H groups in total. The van der Waals surface area contributed by atoms with Gasteiger partial charge in [-0.25, -0.2) is 4.79 Å². The highest BCUT2D eigenvalue weighted by Crippen LogP contribution is 2.43. The molecule has 0 aromatic carbocycles. The second-order valence-corrected chi connectivity index (χ2v) is 12.8. The van der Waals surface area contributed by atoms with Crippen molar-refractivity contribution in [1.29, 1.82) is 0 Å². The van der Waals surface area contributed by atoms with Crippen LogP contribution in [-0.4, -0.2) is 40.7 Å². The number of nitrogens with zero attached hydrogens (tertiary/aromatic N) is 3. The van der Waals surface area contributed by atoms with E-state index >= 15 is 0 Å². The molecule has 0 aliphatic carbocycles. The maximum Gasteiger partial charge on any atom is 0.340 e. The van der Waals surface area contributed by atoms with Crippen LogP contribution in [0.25, 0.3) is 17.2 Å². The van der Waals surface area contributed by atoms with Crippen molar-refractivity contribution in [3.05, 3.63) is 47.6 Å². The first-order valence-electron chi connectivity index (χ1n) is 13.9. The number of aromatic nitrogens is 2. The molecule has 3 rings (SSSR count). The van der Waals surface area contributed by atoms with Crippen LogP contribution in [0.3, 0.4) is 0 Å². The molecule has 1 atom stereocenters. The van der Waals surface area contributed by atoms with Gasteiger partial charge >= 0.3 is 5.97 Å². The van der Waals surface area contributed by atoms with Crippen LogP contribution in [0, 0.1) is 18.3 Å². The zero-order valence-electron chi connectivity index (χ0n) is 25.1. The summed E-state index contributed by atoms with van der Waals surface area (Å²) in [5.41, 5.74) is 5.11. The molecule has 1 fully saturated rings. The van der Waals surface area contributed by atoms with Crippen molar-refractivity contribution < 1.29 is 14.3 Å². The van der Waals surface area contributed by atoms with E-state index in [9.17, 15) is 4.79 Å². The smallest absolute Gasteiger partial charge is 0.340 e. The maximum atomic E-state index is 13.5. The maximum absolute atomic E-state index is 13.5. The number of carbonyl (C=O) groups excluding carboxylic acids is 1. The first-order valence-corrected chi connectivity index (χ1v) is 13.9. The van der Waals surface area contributed by atoms with Crippen LogP contribution in [0.15, 0.2) is 30.6 Å². The zero-order chi connectivity index (χ0) is 28.3. The van der Waals surface area contributed by atoms with Gasteiger partial charge in [0.05, 0.1) is 23.1 Å². The molecule has 38 heavy (non-hydrogen) atoms. The number of allylic oxidation sites excluding steroid dienone is 1. The molecule has 6 heteroatoms. The molecule has 2 aromatic rings. The molecular formula is C32H47N3O3. The lowest BCUT2D eigenvalue weighted by Gasteiger charge is -2.41. The van der Waals surface area contributed by atoms with Gasteiger partial charge in [-0.1, -0.05) is 39.8 Å². The van der Waals surface area contributed by atoms with Gasteiger partial charge in [0, 0.05) is 47.9 Å². The Morgan fingerprint density at radius 2 is 1.71 bits per heavy atom. The molecule has 0 spiro atoms. The lowest BCUT2D eigenvalue weighted by atomic mass is 9.82. The van der Waals surface area contributed by atoms with E-state index in [4.69, 9.17) is 19.4 Å². The number of rotatable bonds is 8. The van der Waals surface area contributed by atoms with E-state index in [2.05, 4.69) is 50.8 Å². The number of esters is 1. The highest BCUT2D eigenvalue weighted by molar-refractivity contribution is 5.87. The molecule has 0 radical (unpaired) electrons. The van der Waals surface area contributed by atoms with Crippen molar-refractivity contribution in [3.63, 3.8) is 0 Å². The van der Waals surface area contributed by atoms with Crippen LogP contribution in [0.4, 0.5) is 5.69 Å². The van der Waals surface area contributed by atoms with Gasteiger partial charge in [0.2, 0.25) is 0 Å². The molecule has 0 amide bonds. The third kappa shape index (κ3) is 7.89. The lowest BCUT2D eigenvalue weighted by Crippen LogP contribution is -2.39. The monoisotopic (exact) mass is 521 g/mol. The minimum Gasteiger partial charge on any atom is -0.461 e. The number of pyridine rings is 2. The predicted molar refractivity (Wildman–Crippen MR) is 156 cm³/mol. The topological polar surface area (TPSA) is 64.5 Å². The third-order valence-corrected chi connectivity index (χ3v) is 6.77. The Bertz CT molecular complexity index is 1120. The van der Waals surface area contributed by atoms with Gasteiger partial charge < -0.3 is 14.4 Å². The molecule has 1 aliphatic heterocycles. The quantitative estimate of drug-likeness (QED) is 0.334. The van der Waals surface area contributed by atoms with Gasteiger partial charge in [-0.05, 0) is 77.9 Å². The summed E-state index contributed by atoms with van der Waals surface area (Å²) < 4.78 is 12.2. The Balaban J connectivity index is 2.20. The van der Waals surface area contributed by atoms with Crippen LogP contribution < -0.4 is 4.90 Å². The predicted octanol–water partition coefficient (Wildman–Crippen LogP) is 7.56. The Kier molecular flexibility index (Phi) is 9.40. The fraction of sp³-hybridized carbons (Fsp3) is 0.594. The minimum atomic E-state index is -0.893. The Labute approximate surface area is 229 Å². The number of carbonyl (C=O) groups is 1. The summed E-state index contributed by atoms with van der Waals surface area (Å²) in [4.78, 5) is 25.4. The number of hydrogen-bond acceptors (Lipinski definition) is 6. The van der Waals surface area contributed by atoms with Crippen LogP contribution in [-0.2, 0) is 14.3 Å². The Morgan fingerprint density at radius 1 is 1.05 bits per heavy atom. The summed E-state index contributed by atoms with van der Waals surface area (Å²) in [5, 5.41) is 0. The Morgan fingerprint density at radius 3 is 2.24 bits per heavy atom. The zero-order valence-corrected chi connectivity index (χ0v) is 25.1. The summed E-state index contributed by atoms with van der Waals surface area (Å²) in [7, 11) is 0. The molecule has 1 aliphatic rings. The molecule has 208 valence electrons. The van der Waals surface area contributed by atoms with E-state index < -0.39 is 11.7 Å². The van der Waals surface area contributed by atoms with Gasteiger partial charge in [0.1, 0.15) is 0 Å². The standard InChI is InChI=1S/C32H47N3O3/c1-21(2)11-13-25-14-12-24(19-34-25)26-20-33-23(5)27(28(26)35-17-15-32(9,10)16-18-35)29(38-31(6,7)8)30(36)37-22(3)4/h11-14,19-22,29H,15-18H2,1-10H3/b13-11-. The molecule has 1 saturated heterocycles. The normalized spacial score (nSPS) is 16.9. The van der Waals surface area contributed by atoms with Gasteiger partial charge in [-0.3, -0.25) is 9.97 Å². The summed E-state index contributed by atoms with van der Waals surface area (Å²) >= 11 is 0. The van der Waals surface area contributed by atoms with Gasteiger partial charge in [-0.15, -0.1) is 0 Å². The largest absolute Gasteiger partial charge is 0.461 e. The number of anilines is 1. The Hall–Kier alpha value is -2.73. The fourth-order valence-electron chi connectivity index (χ4n) is 4.64. The number of piperidine rings is 1. The average molecular weight is 522 g/mol. The second-order valence-electron chi connectivity index (χ2n) is 12.8. The summed E-state index contributed by atoms with van der Waals surface area (Å²) in [6.07, 6.45) is 8.99. The minimum absolute atomic E-state index is 0.250. The summed E-state index contributed by atoms with van der Waals surface area (Å²) in [6, 6.07) is 4.12. The van der Waals surface area contributed by atoms with Crippen LogP contribution >= 0.6 is 0 Å². The van der Waals surface area contributed by atoms with E-state index in [1.54, 1.807) is 0 Å². The molecule has 2 aromatic heterocycles. The molecule has 3 heterocycles. The highest BCUT2D eigenvalue weighted by Gasteiger charge is 2.37. The average Bonchev–Trinajstić information content (AvgIpc) is 2.81. The van der Waals surface area contributed by atoms with Gasteiger partial charge in [0.15, 0.2) is 6.10 Å². The SMILES string of the molecule is Cc1ncc(-c2ccc(/C=C\C(C)C)nc2)c(N2CCC(C)(C)CC2)c1C(OC(C)(C)C)C(=O)OC(C)C. The molecule has 0 saturated carbocycles. The number of hydrogen-bond donors (Lipinski definition) is 0. The summed E-state index contributed by atoms with van der Waals surface area (Å²) in [6.45, 7) is 22.3. The lowest BCUT2D eigenvalue weighted by molar-refractivity contribution is -0.171. The number of aryl methyl sites for hydroxylation is 1. The van der Waals surface area contributed by atoms with Crippen LogP contribution in [0.2, 0.25) is 0 Å². The van der Waals surface area contributed by atoms with E-state index in [0.717, 1.165) is 59.7 Å². The highest BCUT2D eigenvalue weighted by atomic mass is 16.6. The van der Waals surface area contributed by atoms with Gasteiger partial charge in [0.25, 0.3) is 0 Å². The summed E-state index contributed by atoms with van der Waals surface area (Å²) in [5.74, 6) is 0.0727. The molecular weight excluding hydrogens is 474 g/mol.